The first kappa shape index (κ1) is 14.9. The molecular formula is C14H11FN2O3S2. The van der Waals surface area contributed by atoms with Crippen LogP contribution >= 0.6 is 11.3 Å². The summed E-state index contributed by atoms with van der Waals surface area (Å²) in [6.45, 7) is 0. The molecular weight excluding hydrogens is 327 g/mol. The maximum atomic E-state index is 13.6. The second kappa shape index (κ2) is 5.62. The van der Waals surface area contributed by atoms with Crippen molar-refractivity contribution >= 4 is 21.2 Å². The van der Waals surface area contributed by atoms with Gasteiger partial charge in [-0.25, -0.2) is 12.8 Å². The van der Waals surface area contributed by atoms with E-state index in [4.69, 9.17) is 4.52 Å². The Labute approximate surface area is 130 Å². The quantitative estimate of drug-likeness (QED) is 0.731. The standard InChI is InChI=1S/C14H11FN2O3S2/c1-22(18,19)13-7-10(8-21-13)14-16-12(17-20-14)6-9-4-2-3-5-11(9)15/h2-5,7-8H,6H2,1H3. The van der Waals surface area contributed by atoms with E-state index in [1.165, 1.54) is 12.1 Å². The van der Waals surface area contributed by atoms with E-state index in [1.807, 2.05) is 0 Å². The summed E-state index contributed by atoms with van der Waals surface area (Å²) in [6, 6.07) is 7.85. The number of rotatable bonds is 4. The van der Waals surface area contributed by atoms with Gasteiger partial charge in [0.25, 0.3) is 5.89 Å². The van der Waals surface area contributed by atoms with Crippen LogP contribution in [-0.4, -0.2) is 24.8 Å². The Balaban J connectivity index is 1.85. The normalized spacial score (nSPS) is 11.7. The van der Waals surface area contributed by atoms with E-state index in [2.05, 4.69) is 10.1 Å². The van der Waals surface area contributed by atoms with Crippen molar-refractivity contribution in [2.75, 3.05) is 6.26 Å². The van der Waals surface area contributed by atoms with Gasteiger partial charge in [0.2, 0.25) is 0 Å². The lowest BCUT2D eigenvalue weighted by Crippen LogP contribution is -1.94. The van der Waals surface area contributed by atoms with Crippen LogP contribution in [0.5, 0.6) is 0 Å². The molecule has 0 aliphatic rings. The third kappa shape index (κ3) is 3.07. The summed E-state index contributed by atoms with van der Waals surface area (Å²) in [6.07, 6.45) is 1.35. The van der Waals surface area contributed by atoms with Crippen molar-refractivity contribution in [3.8, 4) is 11.5 Å². The van der Waals surface area contributed by atoms with Crippen molar-refractivity contribution in [1.29, 1.82) is 0 Å². The molecule has 5 nitrogen and oxygen atoms in total. The van der Waals surface area contributed by atoms with Gasteiger partial charge < -0.3 is 4.52 Å². The average molecular weight is 338 g/mol. The van der Waals surface area contributed by atoms with Crippen molar-refractivity contribution in [3.63, 3.8) is 0 Å². The number of benzene rings is 1. The molecule has 0 amide bonds. The van der Waals surface area contributed by atoms with Gasteiger partial charge >= 0.3 is 0 Å². The molecule has 0 unspecified atom stereocenters. The first-order valence-electron chi connectivity index (χ1n) is 6.28. The van der Waals surface area contributed by atoms with Crippen LogP contribution in [0, 0.1) is 5.82 Å². The molecule has 2 aromatic heterocycles. The van der Waals surface area contributed by atoms with Gasteiger partial charge in [0, 0.05) is 18.1 Å². The van der Waals surface area contributed by atoms with Crippen LogP contribution in [0.3, 0.4) is 0 Å². The summed E-state index contributed by atoms with van der Waals surface area (Å²) in [4.78, 5) is 4.18. The third-order valence-electron chi connectivity index (χ3n) is 2.96. The highest BCUT2D eigenvalue weighted by molar-refractivity contribution is 7.92. The molecule has 3 rings (SSSR count). The summed E-state index contributed by atoms with van der Waals surface area (Å²) in [5.74, 6) is 0.230. The minimum absolute atomic E-state index is 0.208. The van der Waals surface area contributed by atoms with Crippen LogP contribution < -0.4 is 0 Å². The highest BCUT2D eigenvalue weighted by Gasteiger charge is 2.16. The first-order chi connectivity index (χ1) is 10.4. The van der Waals surface area contributed by atoms with E-state index in [9.17, 15) is 12.8 Å². The zero-order valence-electron chi connectivity index (χ0n) is 11.5. The fraction of sp³-hybridized carbons (Fsp3) is 0.143. The molecule has 22 heavy (non-hydrogen) atoms. The molecule has 0 aliphatic heterocycles. The number of nitrogens with zero attached hydrogens (tertiary/aromatic N) is 2. The van der Waals surface area contributed by atoms with E-state index in [0.717, 1.165) is 17.6 Å². The van der Waals surface area contributed by atoms with Gasteiger partial charge in [-0.15, -0.1) is 11.3 Å². The number of aromatic nitrogens is 2. The smallest absolute Gasteiger partial charge is 0.258 e. The maximum Gasteiger partial charge on any atom is 0.258 e. The molecule has 0 radical (unpaired) electrons. The lowest BCUT2D eigenvalue weighted by Gasteiger charge is -1.97. The predicted molar refractivity (Wildman–Crippen MR) is 79.9 cm³/mol. The molecule has 0 saturated heterocycles. The van der Waals surface area contributed by atoms with E-state index < -0.39 is 9.84 Å². The van der Waals surface area contributed by atoms with Crippen LogP contribution in [0.15, 0.2) is 44.4 Å². The summed E-state index contributed by atoms with van der Waals surface area (Å²) >= 11 is 1.09. The van der Waals surface area contributed by atoms with Crippen molar-refractivity contribution in [2.24, 2.45) is 0 Å². The Morgan fingerprint density at radius 1 is 1.32 bits per heavy atom. The minimum Gasteiger partial charge on any atom is -0.334 e. The number of hydrogen-bond donors (Lipinski definition) is 0. The lowest BCUT2D eigenvalue weighted by molar-refractivity contribution is 0.423. The van der Waals surface area contributed by atoms with Gasteiger partial charge in [-0.05, 0) is 17.7 Å². The maximum absolute atomic E-state index is 13.6. The fourth-order valence-corrected chi connectivity index (χ4v) is 3.67. The average Bonchev–Trinajstić information content (AvgIpc) is 3.09. The lowest BCUT2D eigenvalue weighted by atomic mass is 10.1. The van der Waals surface area contributed by atoms with Crippen LogP contribution in [0.4, 0.5) is 4.39 Å². The first-order valence-corrected chi connectivity index (χ1v) is 9.05. The summed E-state index contributed by atoms with van der Waals surface area (Å²) in [5.41, 5.74) is 1.01. The molecule has 3 aromatic rings. The Kier molecular flexibility index (Phi) is 3.79. The number of hydrogen-bond acceptors (Lipinski definition) is 6. The molecule has 0 aliphatic carbocycles. The van der Waals surface area contributed by atoms with E-state index in [0.29, 0.717) is 17.0 Å². The molecule has 0 atom stereocenters. The van der Waals surface area contributed by atoms with Crippen LogP contribution in [0.1, 0.15) is 11.4 Å². The Morgan fingerprint density at radius 3 is 2.77 bits per heavy atom. The largest absolute Gasteiger partial charge is 0.334 e. The second-order valence-corrected chi connectivity index (χ2v) is 7.86. The van der Waals surface area contributed by atoms with Crippen molar-refractivity contribution in [1.82, 2.24) is 10.1 Å². The van der Waals surface area contributed by atoms with Crippen molar-refractivity contribution in [3.05, 3.63) is 52.9 Å². The van der Waals surface area contributed by atoms with Gasteiger partial charge in [-0.1, -0.05) is 23.4 Å². The molecule has 114 valence electrons. The van der Waals surface area contributed by atoms with Crippen LogP contribution in [-0.2, 0) is 16.3 Å². The molecule has 0 fully saturated rings. The van der Waals surface area contributed by atoms with E-state index in [1.54, 1.807) is 23.6 Å². The van der Waals surface area contributed by atoms with Crippen LogP contribution in [0.2, 0.25) is 0 Å². The number of thiophene rings is 1. The Hall–Kier alpha value is -2.06. The van der Waals surface area contributed by atoms with Gasteiger partial charge in [-0.2, -0.15) is 4.98 Å². The zero-order chi connectivity index (χ0) is 15.7. The van der Waals surface area contributed by atoms with E-state index >= 15 is 0 Å². The number of sulfone groups is 1. The molecule has 0 N–H and O–H groups in total. The summed E-state index contributed by atoms with van der Waals surface area (Å²) < 4.78 is 41.9. The fourth-order valence-electron chi connectivity index (χ4n) is 1.88. The zero-order valence-corrected chi connectivity index (χ0v) is 13.1. The Bertz CT molecular complexity index is 916. The Morgan fingerprint density at radius 2 is 2.09 bits per heavy atom. The van der Waals surface area contributed by atoms with Crippen LogP contribution in [0.25, 0.3) is 11.5 Å². The third-order valence-corrected chi connectivity index (χ3v) is 5.73. The van der Waals surface area contributed by atoms with Gasteiger partial charge in [-0.3, -0.25) is 0 Å². The second-order valence-electron chi connectivity index (χ2n) is 4.71. The van der Waals surface area contributed by atoms with Crippen molar-refractivity contribution in [2.45, 2.75) is 10.6 Å². The molecule has 2 heterocycles. The van der Waals surface area contributed by atoms with Gasteiger partial charge in [0.15, 0.2) is 15.7 Å². The highest BCUT2D eigenvalue weighted by atomic mass is 32.2. The molecule has 8 heteroatoms. The topological polar surface area (TPSA) is 73.1 Å². The monoisotopic (exact) mass is 338 g/mol. The number of halogens is 1. The SMILES string of the molecule is CS(=O)(=O)c1cc(-c2nc(Cc3ccccc3F)no2)cs1. The minimum atomic E-state index is -3.26. The molecule has 0 spiro atoms. The molecule has 0 bridgehead atoms. The molecule has 0 saturated carbocycles. The predicted octanol–water partition coefficient (Wildman–Crippen LogP) is 2.93. The highest BCUT2D eigenvalue weighted by Crippen LogP contribution is 2.27. The summed E-state index contributed by atoms with van der Waals surface area (Å²) in [5, 5.41) is 5.44. The van der Waals surface area contributed by atoms with E-state index in [-0.39, 0.29) is 22.3 Å². The van der Waals surface area contributed by atoms with Crippen molar-refractivity contribution < 1.29 is 17.3 Å². The van der Waals surface area contributed by atoms with Gasteiger partial charge in [0.1, 0.15) is 10.0 Å². The molecule has 1 aromatic carbocycles. The summed E-state index contributed by atoms with van der Waals surface area (Å²) in [7, 11) is -3.26. The van der Waals surface area contributed by atoms with Gasteiger partial charge in [0.05, 0.1) is 5.56 Å².